The standard InChI is InChI=1S/C23H26ClN9O/c1-2-13-14(7-25)17(24)5-16(23(6-18(23)26)32-22(34)12-3-4-28-8-12)15(13)9-33-11-31-19-20(27)29-10-30-21(19)33/h5,10-12,18,28H,2-4,6,8-9,26H2,1H3,(H,32,34)(H2,27,29,30). The summed E-state index contributed by atoms with van der Waals surface area (Å²) in [5, 5.41) is 16.7. The van der Waals surface area contributed by atoms with E-state index in [1.54, 1.807) is 12.4 Å². The van der Waals surface area contributed by atoms with Gasteiger partial charge in [-0.05, 0) is 48.6 Å². The number of nitriles is 1. The average Bonchev–Trinajstić information content (AvgIpc) is 3.21. The van der Waals surface area contributed by atoms with Crippen LogP contribution in [0.4, 0.5) is 5.82 Å². The molecular weight excluding hydrogens is 454 g/mol. The van der Waals surface area contributed by atoms with Gasteiger partial charge in [0.05, 0.1) is 34.9 Å². The molecule has 34 heavy (non-hydrogen) atoms. The van der Waals surface area contributed by atoms with E-state index in [4.69, 9.17) is 23.1 Å². The monoisotopic (exact) mass is 479 g/mol. The van der Waals surface area contributed by atoms with Gasteiger partial charge < -0.3 is 26.7 Å². The van der Waals surface area contributed by atoms with E-state index in [1.165, 1.54) is 6.33 Å². The van der Waals surface area contributed by atoms with Crippen molar-refractivity contribution in [1.82, 2.24) is 30.2 Å². The predicted molar refractivity (Wildman–Crippen MR) is 128 cm³/mol. The predicted octanol–water partition coefficient (Wildman–Crippen LogP) is 1.20. The van der Waals surface area contributed by atoms with Gasteiger partial charge in [-0.15, -0.1) is 0 Å². The first-order valence-electron chi connectivity index (χ1n) is 11.3. The highest BCUT2D eigenvalue weighted by Gasteiger charge is 2.56. The highest BCUT2D eigenvalue weighted by molar-refractivity contribution is 6.32. The third-order valence-corrected chi connectivity index (χ3v) is 7.30. The van der Waals surface area contributed by atoms with Crippen LogP contribution in [0.25, 0.3) is 11.2 Å². The molecule has 1 saturated carbocycles. The van der Waals surface area contributed by atoms with Gasteiger partial charge in [0.1, 0.15) is 17.9 Å². The summed E-state index contributed by atoms with van der Waals surface area (Å²) in [7, 11) is 0. The number of hydrogen-bond donors (Lipinski definition) is 4. The molecule has 2 aliphatic rings. The van der Waals surface area contributed by atoms with Gasteiger partial charge in [0.15, 0.2) is 11.5 Å². The first-order chi connectivity index (χ1) is 16.4. The molecule has 0 radical (unpaired) electrons. The van der Waals surface area contributed by atoms with E-state index in [2.05, 4.69) is 31.7 Å². The number of nitrogens with one attached hydrogen (secondary N) is 2. The van der Waals surface area contributed by atoms with Gasteiger partial charge in [-0.25, -0.2) is 15.0 Å². The van der Waals surface area contributed by atoms with Crippen molar-refractivity contribution < 1.29 is 4.79 Å². The smallest absolute Gasteiger partial charge is 0.225 e. The maximum Gasteiger partial charge on any atom is 0.225 e. The summed E-state index contributed by atoms with van der Waals surface area (Å²) < 4.78 is 1.87. The van der Waals surface area contributed by atoms with Gasteiger partial charge >= 0.3 is 0 Å². The molecule has 3 heterocycles. The van der Waals surface area contributed by atoms with Crippen molar-refractivity contribution in [2.24, 2.45) is 11.7 Å². The lowest BCUT2D eigenvalue weighted by atomic mass is 9.88. The number of aromatic nitrogens is 4. The Morgan fingerprint density at radius 1 is 1.41 bits per heavy atom. The third-order valence-electron chi connectivity index (χ3n) is 7.00. The van der Waals surface area contributed by atoms with Crippen LogP contribution in [0.1, 0.15) is 42.0 Å². The van der Waals surface area contributed by atoms with Crippen LogP contribution < -0.4 is 22.1 Å². The molecule has 10 nitrogen and oxygen atoms in total. The summed E-state index contributed by atoms with van der Waals surface area (Å²) in [5.74, 6) is 0.188. The number of amides is 1. The highest BCUT2D eigenvalue weighted by Crippen LogP contribution is 2.48. The fourth-order valence-electron chi connectivity index (χ4n) is 5.03. The highest BCUT2D eigenvalue weighted by atomic mass is 35.5. The Balaban J connectivity index is 1.63. The van der Waals surface area contributed by atoms with Crippen LogP contribution in [-0.4, -0.2) is 44.6 Å². The van der Waals surface area contributed by atoms with Gasteiger partial charge in [0.2, 0.25) is 5.91 Å². The second kappa shape index (κ2) is 8.51. The molecule has 2 fully saturated rings. The average molecular weight is 480 g/mol. The zero-order chi connectivity index (χ0) is 24.0. The maximum absolute atomic E-state index is 13.1. The second-order valence-corrected chi connectivity index (χ2v) is 9.38. The van der Waals surface area contributed by atoms with Crippen molar-refractivity contribution in [3.8, 4) is 6.07 Å². The van der Waals surface area contributed by atoms with E-state index in [0.717, 1.165) is 29.7 Å². The largest absolute Gasteiger partial charge is 0.382 e. The van der Waals surface area contributed by atoms with Crippen molar-refractivity contribution in [3.63, 3.8) is 0 Å². The fourth-order valence-corrected chi connectivity index (χ4v) is 5.29. The minimum absolute atomic E-state index is 0.0176. The molecule has 176 valence electrons. The second-order valence-electron chi connectivity index (χ2n) is 8.97. The number of rotatable bonds is 6. The molecule has 1 saturated heterocycles. The summed E-state index contributed by atoms with van der Waals surface area (Å²) in [6.45, 7) is 3.82. The van der Waals surface area contributed by atoms with Crippen molar-refractivity contribution in [2.75, 3.05) is 18.8 Å². The Hall–Kier alpha value is -3.26. The number of nitrogen functional groups attached to an aromatic ring is 1. The van der Waals surface area contributed by atoms with Gasteiger partial charge in [0.25, 0.3) is 0 Å². The summed E-state index contributed by atoms with van der Waals surface area (Å²) >= 11 is 6.59. The topological polar surface area (TPSA) is 161 Å². The van der Waals surface area contributed by atoms with Crippen molar-refractivity contribution in [1.29, 1.82) is 5.26 Å². The van der Waals surface area contributed by atoms with Gasteiger partial charge in [-0.2, -0.15) is 5.26 Å². The molecular formula is C23H26ClN9O. The van der Waals surface area contributed by atoms with E-state index in [1.807, 2.05) is 11.5 Å². The summed E-state index contributed by atoms with van der Waals surface area (Å²) in [6.07, 6.45) is 5.02. The number of hydrogen-bond acceptors (Lipinski definition) is 8. The molecule has 2 aromatic heterocycles. The van der Waals surface area contributed by atoms with E-state index in [9.17, 15) is 10.1 Å². The number of anilines is 1. The number of carbonyl (C=O) groups is 1. The van der Waals surface area contributed by atoms with Crippen molar-refractivity contribution in [3.05, 3.63) is 46.0 Å². The molecule has 1 aliphatic carbocycles. The molecule has 1 aromatic carbocycles. The van der Waals surface area contributed by atoms with Crippen LogP contribution in [0.2, 0.25) is 5.02 Å². The lowest BCUT2D eigenvalue weighted by Crippen LogP contribution is -2.44. The Bertz CT molecular complexity index is 1320. The molecule has 1 amide bonds. The first kappa shape index (κ1) is 22.5. The molecule has 3 atom stereocenters. The Labute approximate surface area is 201 Å². The molecule has 6 N–H and O–H groups in total. The van der Waals surface area contributed by atoms with Crippen LogP contribution in [-0.2, 0) is 23.3 Å². The minimum atomic E-state index is -0.735. The van der Waals surface area contributed by atoms with Gasteiger partial charge in [0, 0.05) is 12.6 Å². The quantitative estimate of drug-likeness (QED) is 0.410. The lowest BCUT2D eigenvalue weighted by Gasteiger charge is -2.27. The van der Waals surface area contributed by atoms with E-state index in [0.29, 0.717) is 53.5 Å². The van der Waals surface area contributed by atoms with Crippen LogP contribution in [0.15, 0.2) is 18.7 Å². The molecule has 0 spiro atoms. The van der Waals surface area contributed by atoms with Gasteiger partial charge in [-0.1, -0.05) is 18.5 Å². The number of halogens is 1. The Morgan fingerprint density at radius 3 is 2.85 bits per heavy atom. The van der Waals surface area contributed by atoms with Crippen LogP contribution in [0.3, 0.4) is 0 Å². The fraction of sp³-hybridized carbons (Fsp3) is 0.435. The third kappa shape index (κ3) is 3.57. The van der Waals surface area contributed by atoms with Crippen molar-refractivity contribution in [2.45, 2.75) is 44.3 Å². The minimum Gasteiger partial charge on any atom is -0.382 e. The molecule has 11 heteroatoms. The number of carbonyl (C=O) groups excluding carboxylic acids is 1. The lowest BCUT2D eigenvalue weighted by molar-refractivity contribution is -0.125. The first-order valence-corrected chi connectivity index (χ1v) is 11.7. The molecule has 0 bridgehead atoms. The SMILES string of the molecule is CCc1c(C#N)c(Cl)cc(C2(NC(=O)C3CCNC3)CC2N)c1Cn1cnc2c(N)ncnc21. The number of benzene rings is 1. The van der Waals surface area contributed by atoms with Crippen LogP contribution in [0.5, 0.6) is 0 Å². The zero-order valence-corrected chi connectivity index (χ0v) is 19.6. The zero-order valence-electron chi connectivity index (χ0n) is 18.8. The Kier molecular flexibility index (Phi) is 5.64. The number of imidazole rings is 1. The number of fused-ring (bicyclic) bond motifs is 1. The molecule has 3 unspecified atom stereocenters. The Morgan fingerprint density at radius 2 is 2.21 bits per heavy atom. The van der Waals surface area contributed by atoms with Crippen LogP contribution >= 0.6 is 11.6 Å². The van der Waals surface area contributed by atoms with E-state index in [-0.39, 0.29) is 17.9 Å². The molecule has 1 aliphatic heterocycles. The maximum atomic E-state index is 13.1. The summed E-state index contributed by atoms with van der Waals surface area (Å²) in [6, 6.07) is 3.78. The van der Waals surface area contributed by atoms with E-state index >= 15 is 0 Å². The summed E-state index contributed by atoms with van der Waals surface area (Å²) in [5.41, 5.74) is 15.8. The van der Waals surface area contributed by atoms with E-state index < -0.39 is 5.54 Å². The summed E-state index contributed by atoms with van der Waals surface area (Å²) in [4.78, 5) is 25.8. The molecule has 3 aromatic rings. The number of nitrogens with two attached hydrogens (primary N) is 2. The normalized spacial score (nSPS) is 23.7. The molecule has 5 rings (SSSR count). The van der Waals surface area contributed by atoms with Crippen molar-refractivity contribution >= 4 is 34.5 Å². The van der Waals surface area contributed by atoms with Gasteiger partial charge in [-0.3, -0.25) is 4.79 Å². The van der Waals surface area contributed by atoms with Crippen LogP contribution in [0, 0.1) is 17.2 Å². The number of nitrogens with zero attached hydrogens (tertiary/aromatic N) is 5.